The molecule has 0 aliphatic carbocycles. The topological polar surface area (TPSA) is 105 Å². The fraction of sp³-hybridized carbons (Fsp3) is 0.857. The molecule has 0 unspecified atom stereocenters. The van der Waals surface area contributed by atoms with Crippen molar-refractivity contribution in [2.45, 2.75) is 64.8 Å². The molecule has 0 spiro atoms. The summed E-state index contributed by atoms with van der Waals surface area (Å²) in [5.41, 5.74) is -0.571. The van der Waals surface area contributed by atoms with Crippen molar-refractivity contribution >= 4 is 12.1 Å². The molecule has 0 bridgehead atoms. The van der Waals surface area contributed by atoms with Gasteiger partial charge in [-0.3, -0.25) is 4.79 Å². The third kappa shape index (κ3) is 12.1. The smallest absolute Gasteiger partial charge is 0.407 e. The van der Waals surface area contributed by atoms with Crippen LogP contribution in [0.15, 0.2) is 0 Å². The summed E-state index contributed by atoms with van der Waals surface area (Å²) in [7, 11) is 0. The zero-order valence-electron chi connectivity index (χ0n) is 13.2. The number of amides is 1. The van der Waals surface area contributed by atoms with E-state index in [0.29, 0.717) is 0 Å². The third-order valence-corrected chi connectivity index (χ3v) is 2.40. The summed E-state index contributed by atoms with van der Waals surface area (Å²) >= 11 is 0. The summed E-state index contributed by atoms with van der Waals surface area (Å²) in [6.07, 6.45) is -2.16. The van der Waals surface area contributed by atoms with Crippen molar-refractivity contribution < 1.29 is 29.3 Å². The van der Waals surface area contributed by atoms with Crippen LogP contribution in [0.3, 0.4) is 0 Å². The Balaban J connectivity index is 3.82. The first-order valence-corrected chi connectivity index (χ1v) is 7.12. The fourth-order valence-electron chi connectivity index (χ4n) is 1.58. The van der Waals surface area contributed by atoms with Gasteiger partial charge in [0, 0.05) is 6.54 Å². The van der Waals surface area contributed by atoms with Crippen molar-refractivity contribution in [1.29, 1.82) is 0 Å². The van der Waals surface area contributed by atoms with Gasteiger partial charge in [0.2, 0.25) is 0 Å². The predicted molar refractivity (Wildman–Crippen MR) is 76.7 cm³/mol. The maximum absolute atomic E-state index is 11.4. The van der Waals surface area contributed by atoms with E-state index in [4.69, 9.17) is 9.47 Å². The van der Waals surface area contributed by atoms with Crippen LogP contribution in [-0.2, 0) is 14.3 Å². The van der Waals surface area contributed by atoms with Crippen LogP contribution in [0.1, 0.15) is 47.0 Å². The van der Waals surface area contributed by atoms with Gasteiger partial charge in [-0.25, -0.2) is 4.79 Å². The van der Waals surface area contributed by atoms with Crippen LogP contribution in [-0.4, -0.2) is 53.2 Å². The summed E-state index contributed by atoms with van der Waals surface area (Å²) in [6, 6.07) is 0. The van der Waals surface area contributed by atoms with Gasteiger partial charge in [0.25, 0.3) is 0 Å². The summed E-state index contributed by atoms with van der Waals surface area (Å²) in [4.78, 5) is 22.5. The number of carbonyl (C=O) groups excluding carboxylic acids is 2. The van der Waals surface area contributed by atoms with Gasteiger partial charge in [0.1, 0.15) is 5.60 Å². The molecule has 124 valence electrons. The van der Waals surface area contributed by atoms with E-state index in [1.54, 1.807) is 27.7 Å². The van der Waals surface area contributed by atoms with Crippen LogP contribution in [0.4, 0.5) is 4.79 Å². The van der Waals surface area contributed by atoms with E-state index in [1.165, 1.54) is 0 Å². The van der Waals surface area contributed by atoms with Crippen molar-refractivity contribution in [3.8, 4) is 0 Å². The van der Waals surface area contributed by atoms with Gasteiger partial charge in [-0.1, -0.05) is 0 Å². The molecule has 0 aliphatic heterocycles. The summed E-state index contributed by atoms with van der Waals surface area (Å²) in [5, 5.41) is 21.8. The van der Waals surface area contributed by atoms with Crippen LogP contribution in [0.5, 0.6) is 0 Å². The van der Waals surface area contributed by atoms with Gasteiger partial charge in [-0.2, -0.15) is 0 Å². The minimum atomic E-state index is -0.958. The molecule has 1 amide bonds. The van der Waals surface area contributed by atoms with Gasteiger partial charge in [0.05, 0.1) is 25.2 Å². The van der Waals surface area contributed by atoms with Crippen molar-refractivity contribution in [1.82, 2.24) is 5.32 Å². The zero-order chi connectivity index (χ0) is 16.5. The Morgan fingerprint density at radius 3 is 2.33 bits per heavy atom. The number of carbonyl (C=O) groups is 2. The van der Waals surface area contributed by atoms with Crippen molar-refractivity contribution in [2.75, 3.05) is 13.2 Å². The second-order valence-corrected chi connectivity index (χ2v) is 5.77. The second-order valence-electron chi connectivity index (χ2n) is 5.77. The zero-order valence-corrected chi connectivity index (χ0v) is 13.2. The molecule has 0 saturated carbocycles. The largest absolute Gasteiger partial charge is 0.466 e. The Morgan fingerprint density at radius 1 is 1.19 bits per heavy atom. The van der Waals surface area contributed by atoms with E-state index < -0.39 is 29.9 Å². The average molecular weight is 305 g/mol. The van der Waals surface area contributed by atoms with E-state index >= 15 is 0 Å². The molecule has 0 aliphatic rings. The quantitative estimate of drug-likeness (QED) is 0.577. The molecule has 0 aromatic rings. The molecule has 0 aromatic carbocycles. The Morgan fingerprint density at radius 2 is 1.81 bits per heavy atom. The molecule has 0 fully saturated rings. The van der Waals surface area contributed by atoms with Gasteiger partial charge >= 0.3 is 12.1 Å². The molecule has 7 heteroatoms. The molecule has 21 heavy (non-hydrogen) atoms. The number of nitrogens with one attached hydrogen (secondary N) is 1. The first kappa shape index (κ1) is 19.7. The number of alkyl carbamates (subject to hydrolysis) is 1. The van der Waals surface area contributed by atoms with Gasteiger partial charge < -0.3 is 25.0 Å². The summed E-state index contributed by atoms with van der Waals surface area (Å²) < 4.78 is 9.74. The van der Waals surface area contributed by atoms with Crippen LogP contribution < -0.4 is 5.32 Å². The number of hydrogen-bond donors (Lipinski definition) is 3. The Hall–Kier alpha value is -1.34. The second kappa shape index (κ2) is 9.57. The molecule has 3 N–H and O–H groups in total. The van der Waals surface area contributed by atoms with Gasteiger partial charge in [0.15, 0.2) is 0 Å². The highest BCUT2D eigenvalue weighted by atomic mass is 16.6. The number of hydrogen-bond acceptors (Lipinski definition) is 6. The molecular formula is C14H27NO6. The summed E-state index contributed by atoms with van der Waals surface area (Å²) in [5.74, 6) is -0.496. The summed E-state index contributed by atoms with van der Waals surface area (Å²) in [6.45, 7) is 7.44. The van der Waals surface area contributed by atoms with Crippen LogP contribution in [0, 0.1) is 0 Å². The fourth-order valence-corrected chi connectivity index (χ4v) is 1.58. The van der Waals surface area contributed by atoms with Crippen molar-refractivity contribution in [3.05, 3.63) is 0 Å². The highest BCUT2D eigenvalue weighted by Gasteiger charge is 2.18. The lowest BCUT2D eigenvalue weighted by Crippen LogP contribution is -2.34. The lowest BCUT2D eigenvalue weighted by atomic mass is 10.1. The minimum Gasteiger partial charge on any atom is -0.466 e. The molecular weight excluding hydrogens is 278 g/mol. The highest BCUT2D eigenvalue weighted by Crippen LogP contribution is 2.08. The van der Waals surface area contributed by atoms with E-state index in [-0.39, 0.29) is 32.4 Å². The lowest BCUT2D eigenvalue weighted by molar-refractivity contribution is -0.145. The van der Waals surface area contributed by atoms with Gasteiger partial charge in [-0.15, -0.1) is 0 Å². The molecule has 0 radical (unpaired) electrons. The number of ether oxygens (including phenoxy) is 2. The number of rotatable bonds is 8. The first-order valence-electron chi connectivity index (χ1n) is 7.12. The Bertz CT molecular complexity index is 326. The van der Waals surface area contributed by atoms with Crippen molar-refractivity contribution in [3.63, 3.8) is 0 Å². The average Bonchev–Trinajstić information content (AvgIpc) is 2.25. The molecule has 2 atom stereocenters. The van der Waals surface area contributed by atoms with E-state index in [9.17, 15) is 19.8 Å². The number of aliphatic hydroxyl groups excluding tert-OH is 2. The van der Waals surface area contributed by atoms with E-state index in [1.807, 2.05) is 0 Å². The van der Waals surface area contributed by atoms with E-state index in [2.05, 4.69) is 5.32 Å². The highest BCUT2D eigenvalue weighted by molar-refractivity contribution is 5.69. The first-order chi connectivity index (χ1) is 9.64. The lowest BCUT2D eigenvalue weighted by Gasteiger charge is -2.20. The van der Waals surface area contributed by atoms with E-state index in [0.717, 1.165) is 0 Å². The molecule has 0 aromatic heterocycles. The monoisotopic (exact) mass is 305 g/mol. The third-order valence-electron chi connectivity index (χ3n) is 2.40. The van der Waals surface area contributed by atoms with Crippen LogP contribution >= 0.6 is 0 Å². The van der Waals surface area contributed by atoms with Crippen molar-refractivity contribution in [2.24, 2.45) is 0 Å². The SMILES string of the molecule is CCOC(=O)C[C@H](O)C[C@H](O)CCNC(=O)OC(C)(C)C. The Kier molecular flexibility index (Phi) is 8.96. The van der Waals surface area contributed by atoms with Crippen LogP contribution in [0.2, 0.25) is 0 Å². The standard InChI is InChI=1S/C14H27NO6/c1-5-20-12(18)9-11(17)8-10(16)6-7-15-13(19)21-14(2,3)4/h10-11,16-17H,5-9H2,1-4H3,(H,15,19)/t10-,11-/m1/s1. The molecule has 0 rings (SSSR count). The Labute approximate surface area is 125 Å². The maximum atomic E-state index is 11.4. The predicted octanol–water partition coefficient (Wildman–Crippen LogP) is 0.966. The number of esters is 1. The minimum absolute atomic E-state index is 0.0504. The molecule has 0 heterocycles. The normalized spacial score (nSPS) is 14.2. The maximum Gasteiger partial charge on any atom is 0.407 e. The number of aliphatic hydroxyl groups is 2. The molecule has 7 nitrogen and oxygen atoms in total. The van der Waals surface area contributed by atoms with Gasteiger partial charge in [-0.05, 0) is 40.5 Å². The molecule has 0 saturated heterocycles. The van der Waals surface area contributed by atoms with Crippen LogP contribution in [0.25, 0.3) is 0 Å².